The first-order valence-electron chi connectivity index (χ1n) is 6.12. The molecule has 0 spiro atoms. The SMILES string of the molecule is CC1=C(C)[C@@H](C(=O)N2C(=O)CCCC2F)C1C. The Morgan fingerprint density at radius 3 is 2.53 bits per heavy atom. The molecule has 3 nitrogen and oxygen atoms in total. The van der Waals surface area contributed by atoms with Gasteiger partial charge < -0.3 is 0 Å². The summed E-state index contributed by atoms with van der Waals surface area (Å²) in [5.41, 5.74) is 2.18. The zero-order valence-electron chi connectivity index (χ0n) is 10.5. The van der Waals surface area contributed by atoms with E-state index in [1.807, 2.05) is 20.8 Å². The first-order valence-corrected chi connectivity index (χ1v) is 6.12. The zero-order chi connectivity index (χ0) is 12.7. The van der Waals surface area contributed by atoms with E-state index in [2.05, 4.69) is 0 Å². The molecule has 2 amide bonds. The Hall–Kier alpha value is -1.19. The van der Waals surface area contributed by atoms with Crippen molar-refractivity contribution in [3.05, 3.63) is 11.1 Å². The van der Waals surface area contributed by atoms with E-state index < -0.39 is 6.30 Å². The second kappa shape index (κ2) is 4.24. The number of imide groups is 1. The normalized spacial score (nSPS) is 33.8. The van der Waals surface area contributed by atoms with Crippen LogP contribution in [0.2, 0.25) is 0 Å². The first kappa shape index (κ1) is 12.3. The maximum Gasteiger partial charge on any atom is 0.239 e. The minimum atomic E-state index is -1.43. The maximum absolute atomic E-state index is 13.7. The van der Waals surface area contributed by atoms with E-state index in [0.29, 0.717) is 6.42 Å². The highest BCUT2D eigenvalue weighted by Crippen LogP contribution is 2.42. The zero-order valence-corrected chi connectivity index (χ0v) is 10.5. The highest BCUT2D eigenvalue weighted by Gasteiger charge is 2.44. The van der Waals surface area contributed by atoms with Gasteiger partial charge in [-0.05, 0) is 32.6 Å². The number of amides is 2. The highest BCUT2D eigenvalue weighted by molar-refractivity contribution is 5.99. The van der Waals surface area contributed by atoms with E-state index in [-0.39, 0.29) is 36.5 Å². The van der Waals surface area contributed by atoms with Gasteiger partial charge in [-0.3, -0.25) is 9.59 Å². The molecule has 1 saturated heterocycles. The molecule has 1 aliphatic carbocycles. The largest absolute Gasteiger partial charge is 0.274 e. The van der Waals surface area contributed by atoms with Crippen molar-refractivity contribution in [2.45, 2.75) is 46.3 Å². The summed E-state index contributed by atoms with van der Waals surface area (Å²) in [5.74, 6) is -0.879. The fourth-order valence-corrected chi connectivity index (χ4v) is 2.77. The molecule has 1 fully saturated rings. The molecule has 0 radical (unpaired) electrons. The number of hydrogen-bond donors (Lipinski definition) is 0. The lowest BCUT2D eigenvalue weighted by Crippen LogP contribution is -2.51. The van der Waals surface area contributed by atoms with Gasteiger partial charge in [0.05, 0.1) is 5.92 Å². The Bertz CT molecular complexity index is 402. The Morgan fingerprint density at radius 1 is 1.35 bits per heavy atom. The molecule has 0 N–H and O–H groups in total. The Morgan fingerprint density at radius 2 is 2.00 bits per heavy atom. The number of halogens is 1. The van der Waals surface area contributed by atoms with Gasteiger partial charge >= 0.3 is 0 Å². The number of rotatable bonds is 1. The molecule has 0 aromatic heterocycles. The molecule has 1 aliphatic heterocycles. The van der Waals surface area contributed by atoms with Crippen molar-refractivity contribution in [3.63, 3.8) is 0 Å². The summed E-state index contributed by atoms with van der Waals surface area (Å²) >= 11 is 0. The van der Waals surface area contributed by atoms with E-state index in [9.17, 15) is 14.0 Å². The lowest BCUT2D eigenvalue weighted by molar-refractivity contribution is -0.158. The number of carbonyl (C=O) groups is 2. The highest BCUT2D eigenvalue weighted by atomic mass is 19.1. The van der Waals surface area contributed by atoms with Gasteiger partial charge in [-0.2, -0.15) is 0 Å². The van der Waals surface area contributed by atoms with Crippen LogP contribution in [0.1, 0.15) is 40.0 Å². The van der Waals surface area contributed by atoms with Crippen molar-refractivity contribution < 1.29 is 14.0 Å². The second-order valence-electron chi connectivity index (χ2n) is 5.06. The molecule has 0 aromatic carbocycles. The quantitative estimate of drug-likeness (QED) is 0.400. The maximum atomic E-state index is 13.7. The third-order valence-electron chi connectivity index (χ3n) is 4.16. The summed E-state index contributed by atoms with van der Waals surface area (Å²) in [6.07, 6.45) is -0.322. The van der Waals surface area contributed by atoms with Gasteiger partial charge in [-0.15, -0.1) is 0 Å². The van der Waals surface area contributed by atoms with Gasteiger partial charge in [0.25, 0.3) is 0 Å². The molecule has 2 aliphatic rings. The van der Waals surface area contributed by atoms with Crippen LogP contribution < -0.4 is 0 Å². The smallest absolute Gasteiger partial charge is 0.239 e. The molecule has 0 saturated carbocycles. The number of allylic oxidation sites excluding steroid dienone is 1. The molecular weight excluding hydrogens is 221 g/mol. The summed E-state index contributed by atoms with van der Waals surface area (Å²) in [7, 11) is 0. The van der Waals surface area contributed by atoms with Crippen LogP contribution in [0.15, 0.2) is 11.1 Å². The van der Waals surface area contributed by atoms with Crippen molar-refractivity contribution in [1.29, 1.82) is 0 Å². The number of piperidine rings is 1. The van der Waals surface area contributed by atoms with E-state index in [4.69, 9.17) is 0 Å². The predicted molar refractivity (Wildman–Crippen MR) is 61.6 cm³/mol. The summed E-state index contributed by atoms with van der Waals surface area (Å²) in [4.78, 5) is 24.7. The van der Waals surface area contributed by atoms with Gasteiger partial charge in [0.15, 0.2) is 6.30 Å². The van der Waals surface area contributed by atoms with Crippen molar-refractivity contribution in [2.75, 3.05) is 0 Å². The van der Waals surface area contributed by atoms with Crippen LogP contribution in [0, 0.1) is 11.8 Å². The summed E-state index contributed by atoms with van der Waals surface area (Å²) in [6, 6.07) is 0. The summed E-state index contributed by atoms with van der Waals surface area (Å²) < 4.78 is 13.7. The van der Waals surface area contributed by atoms with Crippen LogP contribution in [0.5, 0.6) is 0 Å². The standard InChI is InChI=1S/C13H18FNO2/c1-7-8(2)12(9(7)3)13(17)15-10(14)5-4-6-11(15)16/h8,10,12H,4-6H2,1-3H3/t8?,10?,12-/m0/s1. The van der Waals surface area contributed by atoms with Crippen molar-refractivity contribution in [2.24, 2.45) is 11.8 Å². The van der Waals surface area contributed by atoms with Crippen LogP contribution in [0.4, 0.5) is 4.39 Å². The Kier molecular flexibility index (Phi) is 3.06. The predicted octanol–water partition coefficient (Wildman–Crippen LogP) is 2.42. The molecule has 2 unspecified atom stereocenters. The lowest BCUT2D eigenvalue weighted by atomic mass is 9.69. The number of alkyl halides is 1. The Labute approximate surface area is 101 Å². The van der Waals surface area contributed by atoms with Crippen LogP contribution in [-0.4, -0.2) is 23.0 Å². The van der Waals surface area contributed by atoms with Gasteiger partial charge in [-0.25, -0.2) is 9.29 Å². The Balaban J connectivity index is 2.18. The van der Waals surface area contributed by atoms with Crippen LogP contribution in [-0.2, 0) is 9.59 Å². The molecule has 94 valence electrons. The number of hydrogen-bond acceptors (Lipinski definition) is 2. The van der Waals surface area contributed by atoms with Gasteiger partial charge in [0.2, 0.25) is 11.8 Å². The lowest BCUT2D eigenvalue weighted by Gasteiger charge is -2.40. The number of carbonyl (C=O) groups excluding carboxylic acids is 2. The molecule has 2 rings (SSSR count). The van der Waals surface area contributed by atoms with Gasteiger partial charge in [0, 0.05) is 6.42 Å². The van der Waals surface area contributed by atoms with Crippen LogP contribution in [0.25, 0.3) is 0 Å². The summed E-state index contributed by atoms with van der Waals surface area (Å²) in [5, 5.41) is 0. The molecule has 0 bridgehead atoms. The van der Waals surface area contributed by atoms with E-state index in [1.54, 1.807) is 0 Å². The third kappa shape index (κ3) is 1.79. The van der Waals surface area contributed by atoms with Crippen LogP contribution in [0.3, 0.4) is 0 Å². The van der Waals surface area contributed by atoms with Gasteiger partial charge in [0.1, 0.15) is 0 Å². The third-order valence-corrected chi connectivity index (χ3v) is 4.16. The molecule has 1 heterocycles. The minimum absolute atomic E-state index is 0.129. The fraction of sp³-hybridized carbons (Fsp3) is 0.692. The fourth-order valence-electron chi connectivity index (χ4n) is 2.77. The average molecular weight is 239 g/mol. The first-order chi connectivity index (χ1) is 7.95. The molecule has 0 aromatic rings. The van der Waals surface area contributed by atoms with Crippen LogP contribution >= 0.6 is 0 Å². The number of likely N-dealkylation sites (tertiary alicyclic amines) is 1. The monoisotopic (exact) mass is 239 g/mol. The average Bonchev–Trinajstić information content (AvgIpc) is 2.28. The molecule has 3 atom stereocenters. The second-order valence-corrected chi connectivity index (χ2v) is 5.06. The summed E-state index contributed by atoms with van der Waals surface area (Å²) in [6.45, 7) is 5.82. The van der Waals surface area contributed by atoms with Gasteiger partial charge in [-0.1, -0.05) is 18.1 Å². The molecule has 17 heavy (non-hydrogen) atoms. The minimum Gasteiger partial charge on any atom is -0.274 e. The van der Waals surface area contributed by atoms with Crippen molar-refractivity contribution >= 4 is 11.8 Å². The van der Waals surface area contributed by atoms with Crippen molar-refractivity contribution in [3.8, 4) is 0 Å². The molecule has 4 heteroatoms. The van der Waals surface area contributed by atoms with E-state index >= 15 is 0 Å². The molecular formula is C13H18FNO2. The van der Waals surface area contributed by atoms with Crippen molar-refractivity contribution in [1.82, 2.24) is 4.90 Å². The van der Waals surface area contributed by atoms with E-state index in [0.717, 1.165) is 10.5 Å². The topological polar surface area (TPSA) is 37.4 Å². The number of nitrogens with zero attached hydrogens (tertiary/aromatic N) is 1. The van der Waals surface area contributed by atoms with E-state index in [1.165, 1.54) is 5.57 Å².